The van der Waals surface area contributed by atoms with Crippen molar-refractivity contribution < 1.29 is 19.1 Å². The maximum Gasteiger partial charge on any atom is 0.407 e. The van der Waals surface area contributed by atoms with Crippen molar-refractivity contribution in [2.45, 2.75) is 12.7 Å². The Morgan fingerprint density at radius 2 is 1.25 bits per heavy atom. The lowest BCUT2D eigenvalue weighted by Crippen LogP contribution is -2.31. The van der Waals surface area contributed by atoms with Crippen LogP contribution in [0.1, 0.15) is 22.8 Å². The minimum atomic E-state index is -0.670. The standard InChI is InChI=1S/C23H21NO4/c25-21(16-24-23(26)27-17-18-10-4-1-5-11-18)28-22(19-12-6-2-7-13-19)20-14-8-3-9-15-20/h1-15,22H,16-17H2,(H,24,26). The fourth-order valence-electron chi connectivity index (χ4n) is 2.68. The van der Waals surface area contributed by atoms with Crippen LogP contribution in [0.2, 0.25) is 0 Å². The lowest BCUT2D eigenvalue weighted by molar-refractivity contribution is -0.146. The molecule has 0 aliphatic rings. The molecule has 0 unspecified atom stereocenters. The molecule has 1 N–H and O–H groups in total. The molecule has 0 fully saturated rings. The number of carbonyl (C=O) groups excluding carboxylic acids is 2. The summed E-state index contributed by atoms with van der Waals surface area (Å²) in [6, 6.07) is 28.2. The average molecular weight is 375 g/mol. The van der Waals surface area contributed by atoms with Gasteiger partial charge < -0.3 is 14.8 Å². The topological polar surface area (TPSA) is 64.6 Å². The molecule has 3 rings (SSSR count). The summed E-state index contributed by atoms with van der Waals surface area (Å²) in [5.41, 5.74) is 2.58. The highest BCUT2D eigenvalue weighted by atomic mass is 16.6. The van der Waals surface area contributed by atoms with Crippen molar-refractivity contribution in [2.75, 3.05) is 6.54 Å². The van der Waals surface area contributed by atoms with E-state index in [0.29, 0.717) is 0 Å². The van der Waals surface area contributed by atoms with E-state index < -0.39 is 18.2 Å². The highest BCUT2D eigenvalue weighted by Gasteiger charge is 2.19. The average Bonchev–Trinajstić information content (AvgIpc) is 2.76. The summed E-state index contributed by atoms with van der Waals surface area (Å²) in [7, 11) is 0. The molecule has 3 aromatic rings. The molecule has 5 nitrogen and oxygen atoms in total. The van der Waals surface area contributed by atoms with Crippen LogP contribution in [0.25, 0.3) is 0 Å². The second-order valence-corrected chi connectivity index (χ2v) is 6.11. The summed E-state index contributed by atoms with van der Waals surface area (Å²) < 4.78 is 10.7. The molecule has 0 radical (unpaired) electrons. The molecular formula is C23H21NO4. The van der Waals surface area contributed by atoms with E-state index >= 15 is 0 Å². The third-order valence-corrected chi connectivity index (χ3v) is 4.04. The number of carbonyl (C=O) groups is 2. The van der Waals surface area contributed by atoms with Gasteiger partial charge in [0, 0.05) is 0 Å². The van der Waals surface area contributed by atoms with Gasteiger partial charge in [0.2, 0.25) is 0 Å². The van der Waals surface area contributed by atoms with E-state index in [1.54, 1.807) is 0 Å². The fourth-order valence-corrected chi connectivity index (χ4v) is 2.68. The number of esters is 1. The summed E-state index contributed by atoms with van der Waals surface area (Å²) in [6.07, 6.45) is -1.21. The quantitative estimate of drug-likeness (QED) is 0.627. The number of rotatable bonds is 7. The second-order valence-electron chi connectivity index (χ2n) is 6.11. The van der Waals surface area contributed by atoms with Gasteiger partial charge in [-0.1, -0.05) is 91.0 Å². The third-order valence-electron chi connectivity index (χ3n) is 4.04. The number of hydrogen-bond donors (Lipinski definition) is 1. The minimum absolute atomic E-state index is 0.137. The van der Waals surface area contributed by atoms with E-state index in [0.717, 1.165) is 16.7 Å². The fraction of sp³-hybridized carbons (Fsp3) is 0.130. The lowest BCUT2D eigenvalue weighted by atomic mass is 10.0. The number of hydrogen-bond acceptors (Lipinski definition) is 4. The third kappa shape index (κ3) is 5.71. The Bertz CT molecular complexity index is 843. The molecule has 28 heavy (non-hydrogen) atoms. The molecule has 0 aromatic heterocycles. The van der Waals surface area contributed by atoms with Gasteiger partial charge in [0.05, 0.1) is 0 Å². The number of amides is 1. The Labute approximate surface area is 163 Å². The van der Waals surface area contributed by atoms with Crippen molar-refractivity contribution in [3.63, 3.8) is 0 Å². The van der Waals surface area contributed by atoms with Crippen molar-refractivity contribution in [1.82, 2.24) is 5.32 Å². The maximum atomic E-state index is 12.3. The van der Waals surface area contributed by atoms with E-state index in [4.69, 9.17) is 9.47 Å². The van der Waals surface area contributed by atoms with Crippen LogP contribution in [0, 0.1) is 0 Å². The van der Waals surface area contributed by atoms with Gasteiger partial charge in [-0.2, -0.15) is 0 Å². The van der Waals surface area contributed by atoms with E-state index in [1.807, 2.05) is 91.0 Å². The van der Waals surface area contributed by atoms with Crippen molar-refractivity contribution in [3.05, 3.63) is 108 Å². The first-order valence-corrected chi connectivity index (χ1v) is 8.96. The Morgan fingerprint density at radius 1 is 0.750 bits per heavy atom. The van der Waals surface area contributed by atoms with Crippen molar-refractivity contribution in [1.29, 1.82) is 0 Å². The molecule has 5 heteroatoms. The predicted molar refractivity (Wildman–Crippen MR) is 105 cm³/mol. The zero-order valence-electron chi connectivity index (χ0n) is 15.3. The van der Waals surface area contributed by atoms with Gasteiger partial charge >= 0.3 is 12.1 Å². The number of benzene rings is 3. The smallest absolute Gasteiger partial charge is 0.407 e. The van der Waals surface area contributed by atoms with E-state index in [2.05, 4.69) is 5.32 Å². The molecule has 0 bridgehead atoms. The van der Waals surface area contributed by atoms with Crippen LogP contribution in [-0.4, -0.2) is 18.6 Å². The zero-order valence-corrected chi connectivity index (χ0v) is 15.3. The first kappa shape index (κ1) is 19.2. The molecule has 142 valence electrons. The molecular weight excluding hydrogens is 354 g/mol. The molecule has 0 heterocycles. The van der Waals surface area contributed by atoms with Crippen LogP contribution in [0.5, 0.6) is 0 Å². The molecule has 1 amide bonds. The Hall–Kier alpha value is -3.60. The van der Waals surface area contributed by atoms with Crippen LogP contribution in [0.3, 0.4) is 0 Å². The Kier molecular flexibility index (Phi) is 6.79. The summed E-state index contributed by atoms with van der Waals surface area (Å²) in [5, 5.41) is 2.43. The molecule has 0 spiro atoms. The van der Waals surface area contributed by atoms with Gasteiger partial charge in [-0.15, -0.1) is 0 Å². The van der Waals surface area contributed by atoms with Crippen LogP contribution in [0.15, 0.2) is 91.0 Å². The van der Waals surface area contributed by atoms with Crippen molar-refractivity contribution >= 4 is 12.1 Å². The molecule has 0 atom stereocenters. The Morgan fingerprint density at radius 3 is 1.79 bits per heavy atom. The normalized spacial score (nSPS) is 10.3. The SMILES string of the molecule is O=C(CNC(=O)OCc1ccccc1)OC(c1ccccc1)c1ccccc1. The van der Waals surface area contributed by atoms with Gasteiger partial charge in [0.15, 0.2) is 6.10 Å². The number of alkyl carbamates (subject to hydrolysis) is 1. The lowest BCUT2D eigenvalue weighted by Gasteiger charge is -2.19. The molecule has 3 aromatic carbocycles. The summed E-state index contributed by atoms with van der Waals surface area (Å²) in [6.45, 7) is -0.137. The summed E-state index contributed by atoms with van der Waals surface area (Å²) in [4.78, 5) is 24.1. The molecule has 0 aliphatic heterocycles. The van der Waals surface area contributed by atoms with Crippen LogP contribution >= 0.6 is 0 Å². The van der Waals surface area contributed by atoms with Crippen LogP contribution in [-0.2, 0) is 20.9 Å². The number of nitrogens with one attached hydrogen (secondary N) is 1. The van der Waals surface area contributed by atoms with E-state index in [1.165, 1.54) is 0 Å². The Balaban J connectivity index is 1.54. The predicted octanol–water partition coefficient (Wildman–Crippen LogP) is 4.25. The number of ether oxygens (including phenoxy) is 2. The van der Waals surface area contributed by atoms with Gasteiger partial charge in [-0.3, -0.25) is 4.79 Å². The highest BCUT2D eigenvalue weighted by Crippen LogP contribution is 2.25. The van der Waals surface area contributed by atoms with Crippen molar-refractivity contribution in [2.24, 2.45) is 0 Å². The van der Waals surface area contributed by atoms with Crippen LogP contribution < -0.4 is 5.32 Å². The second kappa shape index (κ2) is 9.92. The summed E-state index contributed by atoms with van der Waals surface area (Å²) in [5.74, 6) is -0.547. The zero-order chi connectivity index (χ0) is 19.6. The van der Waals surface area contributed by atoms with Crippen LogP contribution in [0.4, 0.5) is 4.79 Å². The molecule has 0 saturated heterocycles. The minimum Gasteiger partial charge on any atom is -0.451 e. The first-order valence-electron chi connectivity index (χ1n) is 8.96. The largest absolute Gasteiger partial charge is 0.451 e. The maximum absolute atomic E-state index is 12.3. The van der Waals surface area contributed by atoms with E-state index in [-0.39, 0.29) is 13.2 Å². The van der Waals surface area contributed by atoms with Gasteiger partial charge in [-0.05, 0) is 16.7 Å². The van der Waals surface area contributed by atoms with Crippen molar-refractivity contribution in [3.8, 4) is 0 Å². The van der Waals surface area contributed by atoms with Gasteiger partial charge in [0.1, 0.15) is 13.2 Å². The van der Waals surface area contributed by atoms with Gasteiger partial charge in [-0.25, -0.2) is 4.79 Å². The van der Waals surface area contributed by atoms with Gasteiger partial charge in [0.25, 0.3) is 0 Å². The van der Waals surface area contributed by atoms with E-state index in [9.17, 15) is 9.59 Å². The molecule has 0 saturated carbocycles. The first-order chi connectivity index (χ1) is 13.7. The highest BCUT2D eigenvalue weighted by molar-refractivity contribution is 5.78. The summed E-state index contributed by atoms with van der Waals surface area (Å²) >= 11 is 0. The monoisotopic (exact) mass is 375 g/mol. The molecule has 0 aliphatic carbocycles.